The molecule has 2 aromatic rings. The SMILES string of the molecule is I.c1ccc2c(c1)CCc1ccccc1CN(CCNC1=NCCN1)C2. The Balaban J connectivity index is 0.00000196. The quantitative estimate of drug-likeness (QED) is 0.690. The number of nitrogens with zero attached hydrogens (tertiary/aromatic N) is 2. The molecule has 0 atom stereocenters. The largest absolute Gasteiger partial charge is 0.355 e. The third kappa shape index (κ3) is 4.76. The van der Waals surface area contributed by atoms with Crippen molar-refractivity contribution in [1.29, 1.82) is 0 Å². The Labute approximate surface area is 173 Å². The highest BCUT2D eigenvalue weighted by molar-refractivity contribution is 14.0. The highest BCUT2D eigenvalue weighted by Gasteiger charge is 2.15. The van der Waals surface area contributed by atoms with Crippen molar-refractivity contribution < 1.29 is 0 Å². The molecule has 26 heavy (non-hydrogen) atoms. The monoisotopic (exact) mass is 462 g/mol. The van der Waals surface area contributed by atoms with Gasteiger partial charge in [0.05, 0.1) is 6.54 Å². The summed E-state index contributed by atoms with van der Waals surface area (Å²) in [6, 6.07) is 17.8. The topological polar surface area (TPSA) is 39.7 Å². The van der Waals surface area contributed by atoms with Gasteiger partial charge in [0.2, 0.25) is 0 Å². The number of benzene rings is 2. The van der Waals surface area contributed by atoms with Crippen LogP contribution in [0.4, 0.5) is 0 Å². The molecular formula is C21H27IN4. The highest BCUT2D eigenvalue weighted by atomic mass is 127. The van der Waals surface area contributed by atoms with Crippen molar-refractivity contribution in [2.24, 2.45) is 4.99 Å². The molecule has 5 heteroatoms. The molecule has 0 spiro atoms. The zero-order valence-electron chi connectivity index (χ0n) is 15.1. The normalized spacial score (nSPS) is 16.7. The Kier molecular flexibility index (Phi) is 6.91. The summed E-state index contributed by atoms with van der Waals surface area (Å²) < 4.78 is 0. The molecule has 0 aromatic heterocycles. The number of guanidine groups is 1. The van der Waals surface area contributed by atoms with Gasteiger partial charge in [-0.3, -0.25) is 9.89 Å². The summed E-state index contributed by atoms with van der Waals surface area (Å²) in [5, 5.41) is 6.70. The number of hydrogen-bond acceptors (Lipinski definition) is 4. The first-order chi connectivity index (χ1) is 12.4. The molecule has 2 N–H and O–H groups in total. The molecule has 2 aliphatic rings. The number of hydrogen-bond donors (Lipinski definition) is 2. The van der Waals surface area contributed by atoms with E-state index in [2.05, 4.69) is 69.1 Å². The maximum absolute atomic E-state index is 4.41. The summed E-state index contributed by atoms with van der Waals surface area (Å²) in [4.78, 5) is 6.96. The van der Waals surface area contributed by atoms with E-state index in [1.165, 1.54) is 22.3 Å². The van der Waals surface area contributed by atoms with Crippen molar-refractivity contribution in [3.05, 3.63) is 70.8 Å². The van der Waals surface area contributed by atoms with Gasteiger partial charge < -0.3 is 10.6 Å². The van der Waals surface area contributed by atoms with Crippen LogP contribution in [-0.2, 0) is 25.9 Å². The molecular weight excluding hydrogens is 435 g/mol. The van der Waals surface area contributed by atoms with Gasteiger partial charge in [0.25, 0.3) is 0 Å². The number of nitrogens with one attached hydrogen (secondary N) is 2. The molecule has 0 unspecified atom stereocenters. The summed E-state index contributed by atoms with van der Waals surface area (Å²) >= 11 is 0. The van der Waals surface area contributed by atoms with Crippen molar-refractivity contribution in [3.8, 4) is 0 Å². The van der Waals surface area contributed by atoms with Crippen LogP contribution in [0.15, 0.2) is 53.5 Å². The van der Waals surface area contributed by atoms with Crippen molar-refractivity contribution >= 4 is 29.9 Å². The minimum absolute atomic E-state index is 0. The van der Waals surface area contributed by atoms with E-state index in [-0.39, 0.29) is 24.0 Å². The smallest absolute Gasteiger partial charge is 0.191 e. The molecule has 4 rings (SSSR count). The first kappa shape index (κ1) is 19.2. The van der Waals surface area contributed by atoms with Crippen molar-refractivity contribution in [2.45, 2.75) is 25.9 Å². The number of halogens is 1. The van der Waals surface area contributed by atoms with E-state index in [0.29, 0.717) is 0 Å². The lowest BCUT2D eigenvalue weighted by atomic mass is 9.98. The average molecular weight is 462 g/mol. The van der Waals surface area contributed by atoms with Gasteiger partial charge in [-0.1, -0.05) is 48.5 Å². The second-order valence-electron chi connectivity index (χ2n) is 6.83. The lowest BCUT2D eigenvalue weighted by Crippen LogP contribution is -2.39. The maximum Gasteiger partial charge on any atom is 0.191 e. The van der Waals surface area contributed by atoms with Crippen LogP contribution in [0.25, 0.3) is 0 Å². The fourth-order valence-corrected chi connectivity index (χ4v) is 3.73. The maximum atomic E-state index is 4.41. The lowest BCUT2D eigenvalue weighted by Gasteiger charge is -2.24. The first-order valence-corrected chi connectivity index (χ1v) is 9.26. The average Bonchev–Trinajstić information content (AvgIpc) is 3.16. The molecule has 4 nitrogen and oxygen atoms in total. The summed E-state index contributed by atoms with van der Waals surface area (Å²) in [5.74, 6) is 0.949. The fourth-order valence-electron chi connectivity index (χ4n) is 3.73. The van der Waals surface area contributed by atoms with Gasteiger partial charge >= 0.3 is 0 Å². The molecule has 138 valence electrons. The van der Waals surface area contributed by atoms with Gasteiger partial charge in [-0.2, -0.15) is 0 Å². The Bertz CT molecular complexity index is 710. The summed E-state index contributed by atoms with van der Waals surface area (Å²) in [6.45, 7) is 5.76. The fraction of sp³-hybridized carbons (Fsp3) is 0.381. The minimum Gasteiger partial charge on any atom is -0.355 e. The molecule has 2 heterocycles. The van der Waals surface area contributed by atoms with E-state index >= 15 is 0 Å². The van der Waals surface area contributed by atoms with E-state index in [1.54, 1.807) is 0 Å². The van der Waals surface area contributed by atoms with E-state index in [4.69, 9.17) is 0 Å². The zero-order chi connectivity index (χ0) is 16.9. The Hall–Kier alpha value is -1.60. The second kappa shape index (κ2) is 9.37. The predicted octanol–water partition coefficient (Wildman–Crippen LogP) is 2.95. The predicted molar refractivity (Wildman–Crippen MR) is 118 cm³/mol. The molecule has 0 fully saturated rings. The van der Waals surface area contributed by atoms with Gasteiger partial charge in [0, 0.05) is 32.7 Å². The molecule has 0 saturated carbocycles. The Morgan fingerprint density at radius 3 is 2.00 bits per heavy atom. The van der Waals surface area contributed by atoms with Crippen molar-refractivity contribution in [3.63, 3.8) is 0 Å². The lowest BCUT2D eigenvalue weighted by molar-refractivity contribution is 0.260. The van der Waals surface area contributed by atoms with Crippen LogP contribution in [0.5, 0.6) is 0 Å². The van der Waals surface area contributed by atoms with Crippen LogP contribution in [0.1, 0.15) is 22.3 Å². The standard InChI is InChI=1S/C21H26N4.HI/c1-3-7-19-15-25(14-13-24-21-22-11-12-23-21)16-20-8-4-2-6-18(20)10-9-17(19)5-1;/h1-8H,9-16H2,(H2,22,23,24);1H. The first-order valence-electron chi connectivity index (χ1n) is 9.26. The van der Waals surface area contributed by atoms with Gasteiger partial charge in [0.15, 0.2) is 5.96 Å². The van der Waals surface area contributed by atoms with Crippen LogP contribution in [-0.4, -0.2) is 37.0 Å². The minimum atomic E-state index is 0. The second-order valence-corrected chi connectivity index (χ2v) is 6.83. The van der Waals surface area contributed by atoms with Crippen LogP contribution in [0, 0.1) is 0 Å². The molecule has 2 aromatic carbocycles. The summed E-state index contributed by atoms with van der Waals surface area (Å²) in [5.41, 5.74) is 5.90. The highest BCUT2D eigenvalue weighted by Crippen LogP contribution is 2.21. The molecule has 0 aliphatic carbocycles. The van der Waals surface area contributed by atoms with Crippen molar-refractivity contribution in [1.82, 2.24) is 15.5 Å². The molecule has 0 amide bonds. The van der Waals surface area contributed by atoms with Crippen molar-refractivity contribution in [2.75, 3.05) is 26.2 Å². The number of fused-ring (bicyclic) bond motifs is 2. The van der Waals surface area contributed by atoms with Gasteiger partial charge in [-0.25, -0.2) is 0 Å². The van der Waals surface area contributed by atoms with E-state index in [0.717, 1.165) is 58.1 Å². The van der Waals surface area contributed by atoms with Gasteiger partial charge in [0.1, 0.15) is 0 Å². The Morgan fingerprint density at radius 1 is 0.885 bits per heavy atom. The van der Waals surface area contributed by atoms with Crippen LogP contribution in [0.3, 0.4) is 0 Å². The van der Waals surface area contributed by atoms with Gasteiger partial charge in [-0.15, -0.1) is 24.0 Å². The van der Waals surface area contributed by atoms with E-state index in [1.807, 2.05) is 0 Å². The summed E-state index contributed by atoms with van der Waals surface area (Å²) in [7, 11) is 0. The van der Waals surface area contributed by atoms with Crippen LogP contribution < -0.4 is 10.6 Å². The molecule has 2 aliphatic heterocycles. The molecule has 0 radical (unpaired) electrons. The third-order valence-corrected chi connectivity index (χ3v) is 5.08. The van der Waals surface area contributed by atoms with E-state index < -0.39 is 0 Å². The number of rotatable bonds is 3. The van der Waals surface area contributed by atoms with Crippen LogP contribution in [0.2, 0.25) is 0 Å². The third-order valence-electron chi connectivity index (χ3n) is 5.08. The Morgan fingerprint density at radius 2 is 1.46 bits per heavy atom. The summed E-state index contributed by atoms with van der Waals surface area (Å²) in [6.07, 6.45) is 2.25. The zero-order valence-corrected chi connectivity index (χ0v) is 17.4. The number of aryl methyl sites for hydroxylation is 2. The van der Waals surface area contributed by atoms with Crippen LogP contribution >= 0.6 is 24.0 Å². The van der Waals surface area contributed by atoms with E-state index in [9.17, 15) is 0 Å². The molecule has 0 bridgehead atoms. The number of aliphatic imine (C=N–C) groups is 1. The van der Waals surface area contributed by atoms with Gasteiger partial charge in [-0.05, 0) is 35.1 Å². The molecule has 0 saturated heterocycles.